The molecule has 0 aliphatic carbocycles. The van der Waals surface area contributed by atoms with E-state index in [1.807, 2.05) is 13.8 Å². The van der Waals surface area contributed by atoms with E-state index in [0.717, 1.165) is 32.4 Å². The number of nitrogens with zero attached hydrogens (tertiary/aromatic N) is 1. The van der Waals surface area contributed by atoms with Crippen LogP contribution in [0.25, 0.3) is 0 Å². The first-order valence-corrected chi connectivity index (χ1v) is 6.11. The van der Waals surface area contributed by atoms with Crippen molar-refractivity contribution < 1.29 is 9.53 Å². The molecule has 0 aromatic heterocycles. The van der Waals surface area contributed by atoms with E-state index >= 15 is 0 Å². The molecule has 16 heavy (non-hydrogen) atoms. The lowest BCUT2D eigenvalue weighted by molar-refractivity contribution is -0.162. The lowest BCUT2D eigenvalue weighted by Gasteiger charge is -2.32. The van der Waals surface area contributed by atoms with Gasteiger partial charge in [-0.2, -0.15) is 0 Å². The normalized spacial score (nSPS) is 22.8. The standard InChI is InChI=1S/C12H24N2O2/c1-4-12(2,9-13)11(15)16-10-5-7-14(3)8-6-10/h10H,4-9,13H2,1-3H3. The highest BCUT2D eigenvalue weighted by Gasteiger charge is 2.33. The Morgan fingerprint density at radius 3 is 2.50 bits per heavy atom. The van der Waals surface area contributed by atoms with Crippen LogP contribution in [0, 0.1) is 5.41 Å². The molecule has 0 saturated carbocycles. The summed E-state index contributed by atoms with van der Waals surface area (Å²) in [5.74, 6) is -0.132. The Labute approximate surface area is 98.1 Å². The molecule has 1 fully saturated rings. The molecule has 2 N–H and O–H groups in total. The first kappa shape index (κ1) is 13.5. The lowest BCUT2D eigenvalue weighted by Crippen LogP contribution is -2.41. The van der Waals surface area contributed by atoms with E-state index in [9.17, 15) is 4.79 Å². The van der Waals surface area contributed by atoms with Crippen molar-refractivity contribution in [2.24, 2.45) is 11.1 Å². The van der Waals surface area contributed by atoms with Gasteiger partial charge in [0.05, 0.1) is 5.41 Å². The minimum atomic E-state index is -0.511. The van der Waals surface area contributed by atoms with E-state index in [4.69, 9.17) is 10.5 Å². The van der Waals surface area contributed by atoms with Crippen LogP contribution >= 0.6 is 0 Å². The minimum absolute atomic E-state index is 0.0844. The summed E-state index contributed by atoms with van der Waals surface area (Å²) in [4.78, 5) is 14.2. The molecule has 0 aromatic carbocycles. The van der Waals surface area contributed by atoms with Crippen molar-refractivity contribution in [2.45, 2.75) is 39.2 Å². The summed E-state index contributed by atoms with van der Waals surface area (Å²) in [7, 11) is 2.09. The maximum atomic E-state index is 12.0. The van der Waals surface area contributed by atoms with Crippen LogP contribution in [0.15, 0.2) is 0 Å². The van der Waals surface area contributed by atoms with Crippen molar-refractivity contribution in [3.05, 3.63) is 0 Å². The molecule has 4 nitrogen and oxygen atoms in total. The number of piperidine rings is 1. The first-order chi connectivity index (χ1) is 7.51. The average Bonchev–Trinajstić information content (AvgIpc) is 2.31. The zero-order valence-electron chi connectivity index (χ0n) is 10.7. The van der Waals surface area contributed by atoms with Crippen LogP contribution in [0.3, 0.4) is 0 Å². The molecular weight excluding hydrogens is 204 g/mol. The maximum Gasteiger partial charge on any atom is 0.313 e. The van der Waals surface area contributed by atoms with Crippen molar-refractivity contribution in [3.63, 3.8) is 0 Å². The summed E-state index contributed by atoms with van der Waals surface area (Å²) < 4.78 is 5.54. The fourth-order valence-corrected chi connectivity index (χ4v) is 1.77. The number of rotatable bonds is 4. The van der Waals surface area contributed by atoms with Crippen LogP contribution in [0.5, 0.6) is 0 Å². The van der Waals surface area contributed by atoms with Gasteiger partial charge in [0.2, 0.25) is 0 Å². The largest absolute Gasteiger partial charge is 0.462 e. The predicted molar refractivity (Wildman–Crippen MR) is 64.1 cm³/mol. The molecular formula is C12H24N2O2. The van der Waals surface area contributed by atoms with Crippen LogP contribution in [-0.2, 0) is 9.53 Å². The van der Waals surface area contributed by atoms with Crippen LogP contribution < -0.4 is 5.73 Å². The molecule has 4 heteroatoms. The van der Waals surface area contributed by atoms with Gasteiger partial charge in [-0.15, -0.1) is 0 Å². The highest BCUT2D eigenvalue weighted by Crippen LogP contribution is 2.24. The Balaban J connectivity index is 2.45. The van der Waals surface area contributed by atoms with Crippen LogP contribution in [-0.4, -0.2) is 43.7 Å². The zero-order valence-corrected chi connectivity index (χ0v) is 10.7. The van der Waals surface area contributed by atoms with E-state index in [0.29, 0.717) is 6.54 Å². The van der Waals surface area contributed by atoms with Crippen LogP contribution in [0.2, 0.25) is 0 Å². The highest BCUT2D eigenvalue weighted by molar-refractivity contribution is 5.76. The quantitative estimate of drug-likeness (QED) is 0.729. The average molecular weight is 228 g/mol. The van der Waals surface area contributed by atoms with Gasteiger partial charge in [-0.25, -0.2) is 0 Å². The van der Waals surface area contributed by atoms with Gasteiger partial charge in [0, 0.05) is 19.6 Å². The summed E-state index contributed by atoms with van der Waals surface area (Å²) in [6, 6.07) is 0. The van der Waals surface area contributed by atoms with Gasteiger partial charge < -0.3 is 15.4 Å². The highest BCUT2D eigenvalue weighted by atomic mass is 16.5. The van der Waals surface area contributed by atoms with Crippen molar-refractivity contribution >= 4 is 5.97 Å². The zero-order chi connectivity index (χ0) is 12.2. The summed E-state index contributed by atoms with van der Waals surface area (Å²) in [5.41, 5.74) is 5.13. The second kappa shape index (κ2) is 5.64. The molecule has 1 aliphatic heterocycles. The molecule has 1 rings (SSSR count). The fourth-order valence-electron chi connectivity index (χ4n) is 1.77. The minimum Gasteiger partial charge on any atom is -0.462 e. The Morgan fingerprint density at radius 2 is 2.06 bits per heavy atom. The molecule has 1 aliphatic rings. The van der Waals surface area contributed by atoms with Gasteiger partial charge in [-0.05, 0) is 33.2 Å². The summed E-state index contributed by atoms with van der Waals surface area (Å²) in [5, 5.41) is 0. The third-order valence-corrected chi connectivity index (χ3v) is 3.66. The van der Waals surface area contributed by atoms with E-state index < -0.39 is 5.41 Å². The lowest BCUT2D eigenvalue weighted by atomic mass is 9.88. The number of nitrogens with two attached hydrogens (primary N) is 1. The number of esters is 1. The number of likely N-dealkylation sites (tertiary alicyclic amines) is 1. The van der Waals surface area contributed by atoms with Crippen molar-refractivity contribution in [2.75, 3.05) is 26.7 Å². The van der Waals surface area contributed by atoms with Crippen molar-refractivity contribution in [1.29, 1.82) is 0 Å². The maximum absolute atomic E-state index is 12.0. The molecule has 0 aromatic rings. The molecule has 0 radical (unpaired) electrons. The SMILES string of the molecule is CCC(C)(CN)C(=O)OC1CCN(C)CC1. The smallest absolute Gasteiger partial charge is 0.313 e. The van der Waals surface area contributed by atoms with Gasteiger partial charge in [-0.1, -0.05) is 6.92 Å². The molecule has 0 spiro atoms. The van der Waals surface area contributed by atoms with Crippen LogP contribution in [0.1, 0.15) is 33.1 Å². The van der Waals surface area contributed by atoms with E-state index in [-0.39, 0.29) is 12.1 Å². The molecule has 1 unspecified atom stereocenters. The first-order valence-electron chi connectivity index (χ1n) is 6.11. The monoisotopic (exact) mass is 228 g/mol. The number of hydrogen-bond donors (Lipinski definition) is 1. The summed E-state index contributed by atoms with van der Waals surface area (Å²) >= 11 is 0. The third-order valence-electron chi connectivity index (χ3n) is 3.66. The molecule has 1 atom stereocenters. The second-order valence-corrected chi connectivity index (χ2v) is 5.03. The van der Waals surface area contributed by atoms with Gasteiger partial charge in [0.25, 0.3) is 0 Å². The molecule has 1 heterocycles. The van der Waals surface area contributed by atoms with Crippen molar-refractivity contribution in [1.82, 2.24) is 4.90 Å². The Morgan fingerprint density at radius 1 is 1.50 bits per heavy atom. The van der Waals surface area contributed by atoms with Gasteiger partial charge in [0.1, 0.15) is 6.10 Å². The van der Waals surface area contributed by atoms with Gasteiger partial charge >= 0.3 is 5.97 Å². The number of hydrogen-bond acceptors (Lipinski definition) is 4. The van der Waals surface area contributed by atoms with Gasteiger partial charge in [-0.3, -0.25) is 4.79 Å². The Hall–Kier alpha value is -0.610. The van der Waals surface area contributed by atoms with Crippen molar-refractivity contribution in [3.8, 4) is 0 Å². The van der Waals surface area contributed by atoms with E-state index in [1.54, 1.807) is 0 Å². The number of carbonyl (C=O) groups excluding carboxylic acids is 1. The number of ether oxygens (including phenoxy) is 1. The van der Waals surface area contributed by atoms with E-state index in [2.05, 4.69) is 11.9 Å². The molecule has 94 valence electrons. The second-order valence-electron chi connectivity index (χ2n) is 5.03. The molecule has 0 amide bonds. The topological polar surface area (TPSA) is 55.6 Å². The van der Waals surface area contributed by atoms with Gasteiger partial charge in [0.15, 0.2) is 0 Å². The Bertz CT molecular complexity index is 231. The molecule has 1 saturated heterocycles. The fraction of sp³-hybridized carbons (Fsp3) is 0.917. The Kier molecular flexibility index (Phi) is 4.74. The number of carbonyl (C=O) groups is 1. The van der Waals surface area contributed by atoms with E-state index in [1.165, 1.54) is 0 Å². The predicted octanol–water partition coefficient (Wildman–Crippen LogP) is 0.999. The summed E-state index contributed by atoms with van der Waals surface area (Å²) in [6.07, 6.45) is 2.69. The molecule has 0 bridgehead atoms. The summed E-state index contributed by atoms with van der Waals surface area (Å²) in [6.45, 7) is 6.22. The van der Waals surface area contributed by atoms with Crippen LogP contribution in [0.4, 0.5) is 0 Å². The third kappa shape index (κ3) is 3.19.